The van der Waals surface area contributed by atoms with E-state index in [9.17, 15) is 4.39 Å². The molecule has 0 bridgehead atoms. The molecule has 0 aromatic heterocycles. The Hall–Kier alpha value is -0.640. The van der Waals surface area contributed by atoms with Crippen molar-refractivity contribution in [3.05, 3.63) is 34.6 Å². The summed E-state index contributed by atoms with van der Waals surface area (Å²) in [7, 11) is 2.01. The van der Waals surface area contributed by atoms with Crippen molar-refractivity contribution < 1.29 is 4.39 Å². The molecule has 2 unspecified atom stereocenters. The van der Waals surface area contributed by atoms with E-state index in [2.05, 4.69) is 4.90 Å². The van der Waals surface area contributed by atoms with E-state index in [0.717, 1.165) is 19.4 Å². The Bertz CT molecular complexity index is 377. The van der Waals surface area contributed by atoms with Crippen LogP contribution < -0.4 is 5.73 Å². The molecule has 1 fully saturated rings. The Kier molecular flexibility index (Phi) is 4.02. The predicted octanol–water partition coefficient (Wildman–Crippen LogP) is 2.82. The molecule has 94 valence electrons. The zero-order valence-corrected chi connectivity index (χ0v) is 10.8. The molecule has 0 spiro atoms. The summed E-state index contributed by atoms with van der Waals surface area (Å²) >= 11 is 6.14. The first-order valence-electron chi connectivity index (χ1n) is 5.99. The number of likely N-dealkylation sites (tertiary alicyclic amines) is 1. The van der Waals surface area contributed by atoms with Crippen LogP contribution in [0.5, 0.6) is 0 Å². The molecular formula is C13H18ClFN2. The summed E-state index contributed by atoms with van der Waals surface area (Å²) in [5.74, 6) is 0.0536. The summed E-state index contributed by atoms with van der Waals surface area (Å²) in [6.07, 6.45) is 2.15. The Morgan fingerprint density at radius 3 is 2.94 bits per heavy atom. The zero-order valence-electron chi connectivity index (χ0n) is 10.00. The van der Waals surface area contributed by atoms with Gasteiger partial charge in [-0.05, 0) is 51.0 Å². The summed E-state index contributed by atoms with van der Waals surface area (Å²) in [4.78, 5) is 2.16. The molecule has 0 amide bonds. The van der Waals surface area contributed by atoms with Gasteiger partial charge in [0.05, 0.1) is 0 Å². The minimum atomic E-state index is -0.227. The van der Waals surface area contributed by atoms with Gasteiger partial charge in [0.15, 0.2) is 0 Å². The van der Waals surface area contributed by atoms with Gasteiger partial charge in [0.1, 0.15) is 5.82 Å². The number of halogens is 2. The molecule has 0 aliphatic carbocycles. The van der Waals surface area contributed by atoms with Crippen LogP contribution in [0.4, 0.5) is 4.39 Å². The zero-order chi connectivity index (χ0) is 12.4. The maximum absolute atomic E-state index is 14.0. The number of nitrogens with zero attached hydrogens (tertiary/aromatic N) is 1. The predicted molar refractivity (Wildman–Crippen MR) is 68.6 cm³/mol. The molecular weight excluding hydrogens is 239 g/mol. The third-order valence-electron chi connectivity index (χ3n) is 3.61. The van der Waals surface area contributed by atoms with Crippen molar-refractivity contribution >= 4 is 11.6 Å². The van der Waals surface area contributed by atoms with Crippen LogP contribution in [0.25, 0.3) is 0 Å². The molecule has 0 saturated carbocycles. The number of piperidine rings is 1. The molecule has 4 heteroatoms. The fourth-order valence-corrected chi connectivity index (χ4v) is 3.03. The van der Waals surface area contributed by atoms with E-state index in [1.165, 1.54) is 6.07 Å². The second kappa shape index (κ2) is 5.34. The van der Waals surface area contributed by atoms with Crippen LogP contribution in [0.1, 0.15) is 24.4 Å². The average molecular weight is 257 g/mol. The largest absolute Gasteiger partial charge is 0.330 e. The van der Waals surface area contributed by atoms with Crippen molar-refractivity contribution in [2.45, 2.75) is 18.9 Å². The van der Waals surface area contributed by atoms with Gasteiger partial charge in [-0.1, -0.05) is 17.7 Å². The summed E-state index contributed by atoms with van der Waals surface area (Å²) in [6, 6.07) is 4.86. The minimum Gasteiger partial charge on any atom is -0.330 e. The van der Waals surface area contributed by atoms with Gasteiger partial charge in [-0.25, -0.2) is 4.39 Å². The molecule has 1 aromatic rings. The Morgan fingerprint density at radius 1 is 1.53 bits per heavy atom. The molecule has 1 aromatic carbocycles. The second-order valence-electron chi connectivity index (χ2n) is 4.70. The van der Waals surface area contributed by atoms with Crippen LogP contribution in [-0.2, 0) is 0 Å². The lowest BCUT2D eigenvalue weighted by atomic mass is 9.85. The monoisotopic (exact) mass is 256 g/mol. The Labute approximate surface area is 107 Å². The van der Waals surface area contributed by atoms with Crippen molar-refractivity contribution in [2.24, 2.45) is 11.7 Å². The molecule has 1 saturated heterocycles. The first kappa shape index (κ1) is 12.8. The van der Waals surface area contributed by atoms with E-state index in [4.69, 9.17) is 17.3 Å². The van der Waals surface area contributed by atoms with Gasteiger partial charge in [0.25, 0.3) is 0 Å². The van der Waals surface area contributed by atoms with Gasteiger partial charge >= 0.3 is 0 Å². The highest BCUT2D eigenvalue weighted by Gasteiger charge is 2.32. The van der Waals surface area contributed by atoms with Crippen molar-refractivity contribution in [3.63, 3.8) is 0 Å². The third kappa shape index (κ3) is 2.46. The first-order valence-corrected chi connectivity index (χ1v) is 6.37. The number of hydrogen-bond donors (Lipinski definition) is 1. The van der Waals surface area contributed by atoms with Crippen LogP contribution in [0, 0.1) is 11.7 Å². The van der Waals surface area contributed by atoms with Crippen molar-refractivity contribution in [3.8, 4) is 0 Å². The van der Waals surface area contributed by atoms with E-state index in [1.54, 1.807) is 12.1 Å². The van der Waals surface area contributed by atoms with Crippen LogP contribution in [-0.4, -0.2) is 25.0 Å². The number of hydrogen-bond acceptors (Lipinski definition) is 2. The van der Waals surface area contributed by atoms with Gasteiger partial charge in [0, 0.05) is 16.6 Å². The summed E-state index contributed by atoms with van der Waals surface area (Å²) in [5.41, 5.74) is 6.40. The number of nitrogens with two attached hydrogens (primary N) is 1. The van der Waals surface area contributed by atoms with Crippen LogP contribution >= 0.6 is 11.6 Å². The summed E-state index contributed by atoms with van der Waals surface area (Å²) in [5, 5.41) is 0.502. The quantitative estimate of drug-likeness (QED) is 0.882. The van der Waals surface area contributed by atoms with E-state index >= 15 is 0 Å². The number of benzene rings is 1. The lowest BCUT2D eigenvalue weighted by molar-refractivity contribution is 0.122. The lowest BCUT2D eigenvalue weighted by Crippen LogP contribution is -2.39. The molecule has 1 aliphatic heterocycles. The maximum atomic E-state index is 14.0. The fourth-order valence-electron chi connectivity index (χ4n) is 2.76. The summed E-state index contributed by atoms with van der Waals surface area (Å²) in [6.45, 7) is 1.53. The third-order valence-corrected chi connectivity index (χ3v) is 3.93. The van der Waals surface area contributed by atoms with Gasteiger partial charge in [-0.2, -0.15) is 0 Å². The standard InChI is InChI=1S/C13H18ClFN2/c1-17-7-3-4-9(8-16)13(17)12-10(14)5-2-6-11(12)15/h2,5-6,9,13H,3-4,7-8,16H2,1H3. The molecule has 2 N–H and O–H groups in total. The van der Waals surface area contributed by atoms with E-state index < -0.39 is 0 Å². The van der Waals surface area contributed by atoms with E-state index in [1.807, 2.05) is 7.05 Å². The average Bonchev–Trinajstić information content (AvgIpc) is 2.30. The molecule has 2 atom stereocenters. The number of rotatable bonds is 2. The maximum Gasteiger partial charge on any atom is 0.129 e. The molecule has 17 heavy (non-hydrogen) atoms. The van der Waals surface area contributed by atoms with Crippen molar-refractivity contribution in [1.82, 2.24) is 4.90 Å². The van der Waals surface area contributed by atoms with Crippen molar-refractivity contribution in [1.29, 1.82) is 0 Å². The SMILES string of the molecule is CN1CCCC(CN)C1c1c(F)cccc1Cl. The topological polar surface area (TPSA) is 29.3 Å². The first-order chi connectivity index (χ1) is 8.15. The highest BCUT2D eigenvalue weighted by Crippen LogP contribution is 2.38. The smallest absolute Gasteiger partial charge is 0.129 e. The van der Waals surface area contributed by atoms with Gasteiger partial charge < -0.3 is 5.73 Å². The van der Waals surface area contributed by atoms with Gasteiger partial charge in [-0.15, -0.1) is 0 Å². The lowest BCUT2D eigenvalue weighted by Gasteiger charge is -2.39. The second-order valence-corrected chi connectivity index (χ2v) is 5.11. The van der Waals surface area contributed by atoms with Crippen LogP contribution in [0.2, 0.25) is 5.02 Å². The molecule has 0 radical (unpaired) electrons. The van der Waals surface area contributed by atoms with E-state index in [0.29, 0.717) is 17.1 Å². The fraction of sp³-hybridized carbons (Fsp3) is 0.538. The van der Waals surface area contributed by atoms with Crippen LogP contribution in [0.3, 0.4) is 0 Å². The van der Waals surface area contributed by atoms with Gasteiger partial charge in [-0.3, -0.25) is 4.90 Å². The van der Waals surface area contributed by atoms with Crippen LogP contribution in [0.15, 0.2) is 18.2 Å². The minimum absolute atomic E-state index is 0.00227. The molecule has 2 rings (SSSR count). The van der Waals surface area contributed by atoms with Gasteiger partial charge in [0.2, 0.25) is 0 Å². The Balaban J connectivity index is 2.41. The Morgan fingerprint density at radius 2 is 2.29 bits per heavy atom. The molecule has 1 aliphatic rings. The highest BCUT2D eigenvalue weighted by molar-refractivity contribution is 6.31. The van der Waals surface area contributed by atoms with E-state index in [-0.39, 0.29) is 17.8 Å². The molecule has 2 nitrogen and oxygen atoms in total. The highest BCUT2D eigenvalue weighted by atomic mass is 35.5. The summed E-state index contributed by atoms with van der Waals surface area (Å²) < 4.78 is 14.0. The van der Waals surface area contributed by atoms with Crippen molar-refractivity contribution in [2.75, 3.05) is 20.1 Å². The molecule has 1 heterocycles. The normalized spacial score (nSPS) is 26.1.